The molecule has 0 heterocycles. The molecule has 4 bridgehead atoms. The lowest BCUT2D eigenvalue weighted by molar-refractivity contribution is -0.118. The van der Waals surface area contributed by atoms with Gasteiger partial charge in [-0.25, -0.2) is 0 Å². The van der Waals surface area contributed by atoms with Crippen LogP contribution in [0.4, 0.5) is 0 Å². The molecule has 0 spiro atoms. The van der Waals surface area contributed by atoms with Gasteiger partial charge in [-0.2, -0.15) is 0 Å². The highest BCUT2D eigenvalue weighted by molar-refractivity contribution is 9.10. The minimum atomic E-state index is 0.306. The molecule has 0 radical (unpaired) electrons. The number of hydrogen-bond donors (Lipinski definition) is 1. The van der Waals surface area contributed by atoms with Crippen molar-refractivity contribution in [3.05, 3.63) is 34.8 Å². The van der Waals surface area contributed by atoms with E-state index < -0.39 is 0 Å². The van der Waals surface area contributed by atoms with Crippen LogP contribution in [0.3, 0.4) is 0 Å². The maximum atomic E-state index is 5.76. The zero-order valence-electron chi connectivity index (χ0n) is 16.9. The summed E-state index contributed by atoms with van der Waals surface area (Å²) in [7, 11) is 1.69. The van der Waals surface area contributed by atoms with Gasteiger partial charge in [-0.15, -0.1) is 0 Å². The van der Waals surface area contributed by atoms with Gasteiger partial charge in [0.15, 0.2) is 11.5 Å². The fourth-order valence-corrected chi connectivity index (χ4v) is 7.70. The third-order valence-electron chi connectivity index (χ3n) is 6.93. The van der Waals surface area contributed by atoms with Crippen LogP contribution < -0.4 is 14.8 Å². The highest BCUT2D eigenvalue weighted by Gasteiger charge is 2.59. The normalized spacial score (nSPS) is 36.7. The van der Waals surface area contributed by atoms with Gasteiger partial charge in [-0.05, 0) is 88.9 Å². The fraction of sp³-hybridized carbons (Fsp3) is 0.652. The standard InChI is InChI=1S/C23H32BrNO2/c1-5-6-27-20-18(24)7-16(8-19(20)26-4)12-25-23-11-17-9-21(2,14-23)13-22(3,10-17)15-23/h5,7-8,17,25H,1,6,9-15H2,2-4H3. The van der Waals surface area contributed by atoms with Gasteiger partial charge in [0, 0.05) is 12.1 Å². The van der Waals surface area contributed by atoms with Crippen LogP contribution in [0.1, 0.15) is 57.9 Å². The molecular weight excluding hydrogens is 402 g/mol. The predicted molar refractivity (Wildman–Crippen MR) is 113 cm³/mol. The molecule has 4 aliphatic rings. The van der Waals surface area contributed by atoms with Gasteiger partial charge in [0.05, 0.1) is 11.6 Å². The van der Waals surface area contributed by atoms with E-state index in [1.54, 1.807) is 13.2 Å². The van der Waals surface area contributed by atoms with E-state index in [4.69, 9.17) is 9.47 Å². The molecule has 0 aromatic heterocycles. The van der Waals surface area contributed by atoms with Gasteiger partial charge < -0.3 is 14.8 Å². The molecule has 1 aromatic carbocycles. The summed E-state index contributed by atoms with van der Waals surface area (Å²) in [5, 5.41) is 4.00. The molecule has 0 aliphatic heterocycles. The van der Waals surface area contributed by atoms with Crippen LogP contribution in [0.15, 0.2) is 29.3 Å². The van der Waals surface area contributed by atoms with E-state index in [-0.39, 0.29) is 0 Å². The molecule has 0 saturated heterocycles. The number of nitrogens with one attached hydrogen (secondary N) is 1. The largest absolute Gasteiger partial charge is 0.493 e. The van der Waals surface area contributed by atoms with E-state index in [2.05, 4.69) is 53.8 Å². The molecular formula is C23H32BrNO2. The van der Waals surface area contributed by atoms with E-state index in [1.807, 2.05) is 0 Å². The van der Waals surface area contributed by atoms with Crippen molar-refractivity contribution in [3.63, 3.8) is 0 Å². The summed E-state index contributed by atoms with van der Waals surface area (Å²) in [5.41, 5.74) is 2.60. The Morgan fingerprint density at radius 2 is 1.89 bits per heavy atom. The van der Waals surface area contributed by atoms with Crippen LogP contribution >= 0.6 is 15.9 Å². The Bertz CT molecular complexity index is 728. The topological polar surface area (TPSA) is 30.5 Å². The van der Waals surface area contributed by atoms with Crippen molar-refractivity contribution in [1.29, 1.82) is 0 Å². The molecule has 2 unspecified atom stereocenters. The van der Waals surface area contributed by atoms with Gasteiger partial charge in [0.25, 0.3) is 0 Å². The summed E-state index contributed by atoms with van der Waals surface area (Å²) in [4.78, 5) is 0. The number of ether oxygens (including phenoxy) is 2. The smallest absolute Gasteiger partial charge is 0.175 e. The number of methoxy groups -OCH3 is 1. The van der Waals surface area contributed by atoms with E-state index in [1.165, 1.54) is 44.1 Å². The first-order valence-corrected chi connectivity index (χ1v) is 10.9. The van der Waals surface area contributed by atoms with Crippen LogP contribution in [0.25, 0.3) is 0 Å². The molecule has 5 rings (SSSR count). The number of rotatable bonds is 7. The molecule has 4 aliphatic carbocycles. The first-order chi connectivity index (χ1) is 12.8. The lowest BCUT2D eigenvalue weighted by Gasteiger charge is -2.65. The highest BCUT2D eigenvalue weighted by atomic mass is 79.9. The molecule has 4 saturated carbocycles. The average Bonchev–Trinajstić information content (AvgIpc) is 2.55. The SMILES string of the molecule is C=CCOc1c(Br)cc(CNC23CC4CC(C)(CC(C)(C4)C2)C3)cc1OC. The van der Waals surface area contributed by atoms with Crippen LogP contribution in [0.2, 0.25) is 0 Å². The average molecular weight is 434 g/mol. The molecule has 3 nitrogen and oxygen atoms in total. The molecule has 1 N–H and O–H groups in total. The minimum absolute atomic E-state index is 0.306. The van der Waals surface area contributed by atoms with Gasteiger partial charge in [0.2, 0.25) is 0 Å². The van der Waals surface area contributed by atoms with E-state index >= 15 is 0 Å². The first kappa shape index (κ1) is 19.3. The van der Waals surface area contributed by atoms with Crippen LogP contribution in [0.5, 0.6) is 11.5 Å². The molecule has 0 amide bonds. The molecule has 148 valence electrons. The van der Waals surface area contributed by atoms with Crippen LogP contribution in [-0.2, 0) is 6.54 Å². The second-order valence-corrected chi connectivity index (χ2v) is 10.8. The van der Waals surface area contributed by atoms with Gasteiger partial charge in [-0.3, -0.25) is 0 Å². The van der Waals surface area contributed by atoms with Crippen molar-refractivity contribution in [2.24, 2.45) is 16.7 Å². The molecule has 2 atom stereocenters. The van der Waals surface area contributed by atoms with E-state index in [0.717, 1.165) is 28.4 Å². The van der Waals surface area contributed by atoms with Gasteiger partial charge >= 0.3 is 0 Å². The Morgan fingerprint density at radius 3 is 2.48 bits per heavy atom. The Labute approximate surface area is 172 Å². The van der Waals surface area contributed by atoms with Crippen molar-refractivity contribution < 1.29 is 9.47 Å². The van der Waals surface area contributed by atoms with E-state index in [0.29, 0.717) is 23.0 Å². The second-order valence-electron chi connectivity index (χ2n) is 9.97. The number of benzene rings is 1. The lowest BCUT2D eigenvalue weighted by Crippen LogP contribution is -2.63. The molecule has 4 heteroatoms. The van der Waals surface area contributed by atoms with Crippen molar-refractivity contribution >= 4 is 15.9 Å². The first-order valence-electron chi connectivity index (χ1n) is 10.1. The van der Waals surface area contributed by atoms with Crippen molar-refractivity contribution in [3.8, 4) is 11.5 Å². The zero-order valence-corrected chi connectivity index (χ0v) is 18.5. The molecule has 4 fully saturated rings. The van der Waals surface area contributed by atoms with Crippen molar-refractivity contribution in [2.45, 2.75) is 64.5 Å². The summed E-state index contributed by atoms with van der Waals surface area (Å²) < 4.78 is 12.3. The van der Waals surface area contributed by atoms with Gasteiger partial charge in [-0.1, -0.05) is 26.5 Å². The molecule has 1 aromatic rings. The fourth-order valence-electron chi connectivity index (χ4n) is 7.09. The molecule has 27 heavy (non-hydrogen) atoms. The van der Waals surface area contributed by atoms with Crippen LogP contribution in [0, 0.1) is 16.7 Å². The number of hydrogen-bond acceptors (Lipinski definition) is 3. The summed E-state index contributed by atoms with van der Waals surface area (Å²) in [5.74, 6) is 2.42. The summed E-state index contributed by atoms with van der Waals surface area (Å²) in [6.45, 7) is 10.1. The minimum Gasteiger partial charge on any atom is -0.493 e. The summed E-state index contributed by atoms with van der Waals surface area (Å²) in [6.07, 6.45) is 10.0. The monoisotopic (exact) mass is 433 g/mol. The lowest BCUT2D eigenvalue weighted by atomic mass is 9.43. The third-order valence-corrected chi connectivity index (χ3v) is 7.52. The number of halogens is 1. The van der Waals surface area contributed by atoms with E-state index in [9.17, 15) is 0 Å². The Hall–Kier alpha value is -1.00. The summed E-state index contributed by atoms with van der Waals surface area (Å²) in [6, 6.07) is 4.25. The van der Waals surface area contributed by atoms with Crippen molar-refractivity contribution in [2.75, 3.05) is 13.7 Å². The zero-order chi connectivity index (χ0) is 19.3. The third kappa shape index (κ3) is 3.67. The predicted octanol–water partition coefficient (Wildman–Crippen LogP) is 5.86. The maximum Gasteiger partial charge on any atom is 0.175 e. The van der Waals surface area contributed by atoms with Crippen LogP contribution in [-0.4, -0.2) is 19.3 Å². The quantitative estimate of drug-likeness (QED) is 0.545. The van der Waals surface area contributed by atoms with Gasteiger partial charge in [0.1, 0.15) is 6.61 Å². The Balaban J connectivity index is 1.52. The highest BCUT2D eigenvalue weighted by Crippen LogP contribution is 2.66. The maximum absolute atomic E-state index is 5.76. The second kappa shape index (κ2) is 6.81. The Kier molecular flexibility index (Phi) is 4.87. The Morgan fingerprint density at radius 1 is 1.19 bits per heavy atom. The van der Waals surface area contributed by atoms with Crippen molar-refractivity contribution in [1.82, 2.24) is 5.32 Å². The summed E-state index contributed by atoms with van der Waals surface area (Å²) >= 11 is 3.65.